The zero-order chi connectivity index (χ0) is 18.1. The molecule has 1 aliphatic rings. The molecule has 3 N–H and O–H groups in total. The molecule has 0 aromatic carbocycles. The molecule has 4 rings (SSSR count). The van der Waals surface area contributed by atoms with Crippen LogP contribution in [0.1, 0.15) is 35.8 Å². The molecule has 4 heterocycles. The van der Waals surface area contributed by atoms with E-state index in [1.54, 1.807) is 23.6 Å². The molecule has 1 saturated heterocycles. The van der Waals surface area contributed by atoms with Gasteiger partial charge in [-0.3, -0.25) is 9.36 Å². The summed E-state index contributed by atoms with van der Waals surface area (Å²) < 4.78 is 1.81. The van der Waals surface area contributed by atoms with Crippen LogP contribution in [-0.2, 0) is 13.1 Å². The number of aromatic nitrogens is 4. The van der Waals surface area contributed by atoms with E-state index in [4.69, 9.17) is 5.73 Å². The lowest BCUT2D eigenvalue weighted by atomic mass is 10.2. The van der Waals surface area contributed by atoms with Gasteiger partial charge in [0.1, 0.15) is 5.52 Å². The van der Waals surface area contributed by atoms with Crippen LogP contribution in [0.4, 0.5) is 11.1 Å². The average molecular weight is 371 g/mol. The molecule has 1 fully saturated rings. The molecule has 0 aliphatic carbocycles. The van der Waals surface area contributed by atoms with Crippen LogP contribution in [0, 0.1) is 0 Å². The van der Waals surface area contributed by atoms with Gasteiger partial charge >= 0.3 is 0 Å². The van der Waals surface area contributed by atoms with Crippen LogP contribution in [0.2, 0.25) is 0 Å². The zero-order valence-electron chi connectivity index (χ0n) is 14.6. The number of fused-ring (bicyclic) bond motifs is 1. The van der Waals surface area contributed by atoms with E-state index in [2.05, 4.69) is 25.2 Å². The Balaban J connectivity index is 1.44. The van der Waals surface area contributed by atoms with E-state index >= 15 is 0 Å². The van der Waals surface area contributed by atoms with Crippen LogP contribution < -0.4 is 16.0 Å². The van der Waals surface area contributed by atoms with Crippen LogP contribution in [0.15, 0.2) is 17.6 Å². The second kappa shape index (κ2) is 6.91. The van der Waals surface area contributed by atoms with Gasteiger partial charge in [0.25, 0.3) is 5.91 Å². The number of nitrogen functional groups attached to an aromatic ring is 1. The van der Waals surface area contributed by atoms with Gasteiger partial charge in [-0.25, -0.2) is 15.0 Å². The maximum Gasteiger partial charge on any atom is 0.253 e. The van der Waals surface area contributed by atoms with Gasteiger partial charge in [-0.05, 0) is 25.8 Å². The summed E-state index contributed by atoms with van der Waals surface area (Å²) in [5.41, 5.74) is 8.54. The fourth-order valence-electron chi connectivity index (χ4n) is 3.17. The van der Waals surface area contributed by atoms with Crippen LogP contribution in [0.5, 0.6) is 0 Å². The standard InChI is InChI=1S/C17H21N7OS/c1-2-24-14-13(22-16(24)18)7-11(8-19-14)15(25)20-9-12-10-26-17(21-12)23-5-3-4-6-23/h7-8,10H,2-6,9H2,1H3,(H2,18,22)(H,20,25). The number of anilines is 2. The Bertz CT molecular complexity index is 942. The molecular weight excluding hydrogens is 350 g/mol. The van der Waals surface area contributed by atoms with E-state index in [1.165, 1.54) is 12.8 Å². The number of hydrogen-bond donors (Lipinski definition) is 2. The summed E-state index contributed by atoms with van der Waals surface area (Å²) in [5, 5.41) is 5.94. The second-order valence-corrected chi connectivity index (χ2v) is 7.12. The number of nitrogens with zero attached hydrogens (tertiary/aromatic N) is 5. The molecule has 0 saturated carbocycles. The van der Waals surface area contributed by atoms with E-state index in [0.717, 1.165) is 23.9 Å². The first-order chi connectivity index (χ1) is 12.7. The molecule has 3 aromatic heterocycles. The average Bonchev–Trinajstić information content (AvgIpc) is 3.37. The summed E-state index contributed by atoms with van der Waals surface area (Å²) in [5.74, 6) is 0.212. The minimum atomic E-state index is -0.195. The molecule has 0 spiro atoms. The summed E-state index contributed by atoms with van der Waals surface area (Å²) in [6.45, 7) is 5.19. The summed E-state index contributed by atoms with van der Waals surface area (Å²) in [4.78, 5) is 28.0. The Hall–Kier alpha value is -2.68. The van der Waals surface area contributed by atoms with Crippen molar-refractivity contribution in [2.24, 2.45) is 0 Å². The quantitative estimate of drug-likeness (QED) is 0.711. The van der Waals surface area contributed by atoms with Crippen molar-refractivity contribution >= 4 is 39.5 Å². The number of rotatable bonds is 5. The molecule has 1 amide bonds. The van der Waals surface area contributed by atoms with E-state index in [-0.39, 0.29) is 5.91 Å². The van der Waals surface area contributed by atoms with Crippen LogP contribution >= 0.6 is 11.3 Å². The third-order valence-electron chi connectivity index (χ3n) is 4.54. The highest BCUT2D eigenvalue weighted by molar-refractivity contribution is 7.13. The topological polar surface area (TPSA) is 102 Å². The van der Waals surface area contributed by atoms with Gasteiger partial charge < -0.3 is 16.0 Å². The smallest absolute Gasteiger partial charge is 0.253 e. The maximum atomic E-state index is 12.4. The lowest BCUT2D eigenvalue weighted by Gasteiger charge is -2.12. The summed E-state index contributed by atoms with van der Waals surface area (Å²) in [7, 11) is 0. The molecule has 0 radical (unpaired) electrons. The minimum Gasteiger partial charge on any atom is -0.369 e. The number of imidazole rings is 1. The summed E-state index contributed by atoms with van der Waals surface area (Å²) >= 11 is 1.63. The Kier molecular flexibility index (Phi) is 4.46. The van der Waals surface area contributed by atoms with Gasteiger partial charge in [-0.15, -0.1) is 11.3 Å². The number of amides is 1. The highest BCUT2D eigenvalue weighted by atomic mass is 32.1. The fraction of sp³-hybridized carbons (Fsp3) is 0.412. The predicted octanol–water partition coefficient (Wildman–Crippen LogP) is 2.02. The van der Waals surface area contributed by atoms with Crippen molar-refractivity contribution in [1.29, 1.82) is 0 Å². The molecule has 26 heavy (non-hydrogen) atoms. The van der Waals surface area contributed by atoms with Crippen LogP contribution in [-0.4, -0.2) is 38.5 Å². The highest BCUT2D eigenvalue weighted by Gasteiger charge is 2.16. The van der Waals surface area contributed by atoms with Gasteiger partial charge in [-0.2, -0.15) is 0 Å². The Labute approximate surface area is 155 Å². The van der Waals surface area contributed by atoms with Crippen molar-refractivity contribution in [3.05, 3.63) is 28.9 Å². The maximum absolute atomic E-state index is 12.4. The predicted molar refractivity (Wildman–Crippen MR) is 102 cm³/mol. The largest absolute Gasteiger partial charge is 0.369 e. The molecule has 0 bridgehead atoms. The van der Waals surface area contributed by atoms with Crippen molar-refractivity contribution in [3.63, 3.8) is 0 Å². The van der Waals surface area contributed by atoms with Crippen LogP contribution in [0.3, 0.4) is 0 Å². The van der Waals surface area contributed by atoms with Crippen molar-refractivity contribution in [2.75, 3.05) is 23.7 Å². The SMILES string of the molecule is CCn1c(N)nc2cc(C(=O)NCc3csc(N4CCCC4)n3)cnc21. The lowest BCUT2D eigenvalue weighted by molar-refractivity contribution is 0.0950. The van der Waals surface area contributed by atoms with Gasteiger partial charge in [0.05, 0.1) is 17.8 Å². The fourth-order valence-corrected chi connectivity index (χ4v) is 4.05. The van der Waals surface area contributed by atoms with E-state index in [9.17, 15) is 4.79 Å². The first kappa shape index (κ1) is 16.8. The van der Waals surface area contributed by atoms with Gasteiger partial charge in [0.2, 0.25) is 5.95 Å². The minimum absolute atomic E-state index is 0.195. The number of carbonyl (C=O) groups excluding carboxylic acids is 1. The van der Waals surface area contributed by atoms with Crippen molar-refractivity contribution in [3.8, 4) is 0 Å². The van der Waals surface area contributed by atoms with Gasteiger partial charge in [-0.1, -0.05) is 0 Å². The molecule has 9 heteroatoms. The summed E-state index contributed by atoms with van der Waals surface area (Å²) in [6, 6.07) is 1.72. The highest BCUT2D eigenvalue weighted by Crippen LogP contribution is 2.24. The number of nitrogens with two attached hydrogens (primary N) is 1. The number of thiazole rings is 1. The van der Waals surface area contributed by atoms with E-state index in [1.807, 2.05) is 16.9 Å². The summed E-state index contributed by atoms with van der Waals surface area (Å²) in [6.07, 6.45) is 4.00. The Morgan fingerprint density at radius 1 is 1.35 bits per heavy atom. The number of aryl methyl sites for hydroxylation is 1. The second-order valence-electron chi connectivity index (χ2n) is 6.28. The molecule has 136 valence electrons. The van der Waals surface area contributed by atoms with E-state index < -0.39 is 0 Å². The molecule has 0 atom stereocenters. The number of hydrogen-bond acceptors (Lipinski definition) is 7. The monoisotopic (exact) mass is 371 g/mol. The van der Waals surface area contributed by atoms with E-state index in [0.29, 0.717) is 35.8 Å². The number of pyridine rings is 1. The van der Waals surface area contributed by atoms with Crippen LogP contribution in [0.25, 0.3) is 11.2 Å². The van der Waals surface area contributed by atoms with Crippen molar-refractivity contribution in [1.82, 2.24) is 24.8 Å². The first-order valence-electron chi connectivity index (χ1n) is 8.75. The molecule has 0 unspecified atom stereocenters. The third-order valence-corrected chi connectivity index (χ3v) is 5.49. The van der Waals surface area contributed by atoms with Gasteiger partial charge in [0, 0.05) is 31.2 Å². The number of carbonyl (C=O) groups is 1. The van der Waals surface area contributed by atoms with Gasteiger partial charge in [0.15, 0.2) is 10.8 Å². The van der Waals surface area contributed by atoms with Crippen molar-refractivity contribution in [2.45, 2.75) is 32.9 Å². The zero-order valence-corrected chi connectivity index (χ0v) is 15.4. The first-order valence-corrected chi connectivity index (χ1v) is 9.63. The third kappa shape index (κ3) is 3.10. The normalized spacial score (nSPS) is 14.3. The Morgan fingerprint density at radius 3 is 2.92 bits per heavy atom. The molecule has 3 aromatic rings. The molecule has 8 nitrogen and oxygen atoms in total. The number of nitrogens with one attached hydrogen (secondary N) is 1. The van der Waals surface area contributed by atoms with Crippen molar-refractivity contribution < 1.29 is 4.79 Å². The molecular formula is C17H21N7OS. The Morgan fingerprint density at radius 2 is 2.15 bits per heavy atom. The molecule has 1 aliphatic heterocycles. The lowest BCUT2D eigenvalue weighted by Crippen LogP contribution is -2.23.